The molecule has 1 aliphatic rings. The molecule has 0 aromatic heterocycles. The van der Waals surface area contributed by atoms with Gasteiger partial charge in [-0.15, -0.1) is 0 Å². The normalized spacial score (nSPS) is 22.5. The molecular formula is C8H13ClN2O3. The van der Waals surface area contributed by atoms with Crippen molar-refractivity contribution in [2.45, 2.75) is 31.9 Å². The number of rotatable bonds is 4. The van der Waals surface area contributed by atoms with Crippen LogP contribution in [0.25, 0.3) is 0 Å². The van der Waals surface area contributed by atoms with Crippen molar-refractivity contribution in [2.24, 2.45) is 10.9 Å². The van der Waals surface area contributed by atoms with Crippen LogP contribution in [0, 0.1) is 0 Å². The zero-order valence-electron chi connectivity index (χ0n) is 7.90. The van der Waals surface area contributed by atoms with Crippen molar-refractivity contribution in [2.75, 3.05) is 6.61 Å². The first-order chi connectivity index (χ1) is 6.63. The number of ether oxygens (including phenoxy) is 1. The van der Waals surface area contributed by atoms with Crippen LogP contribution < -0.4 is 5.73 Å². The zero-order valence-corrected chi connectivity index (χ0v) is 8.66. The van der Waals surface area contributed by atoms with E-state index in [0.29, 0.717) is 24.6 Å². The van der Waals surface area contributed by atoms with E-state index in [0.717, 1.165) is 0 Å². The molecule has 0 amide bonds. The summed E-state index contributed by atoms with van der Waals surface area (Å²) in [5, 5.41) is 3.96. The van der Waals surface area contributed by atoms with Crippen LogP contribution in [0.1, 0.15) is 19.8 Å². The van der Waals surface area contributed by atoms with Crippen molar-refractivity contribution in [3.8, 4) is 0 Å². The first kappa shape index (κ1) is 11.3. The summed E-state index contributed by atoms with van der Waals surface area (Å²) in [5.41, 5.74) is 5.58. The van der Waals surface area contributed by atoms with Crippen LogP contribution in [-0.2, 0) is 14.4 Å². The first-order valence-corrected chi connectivity index (χ1v) is 4.81. The number of hydrogen-bond acceptors (Lipinski definition) is 5. The molecule has 0 saturated carbocycles. The van der Waals surface area contributed by atoms with Gasteiger partial charge in [0.2, 0.25) is 0 Å². The second kappa shape index (κ2) is 5.17. The van der Waals surface area contributed by atoms with Gasteiger partial charge in [-0.1, -0.05) is 16.8 Å². The van der Waals surface area contributed by atoms with E-state index in [1.54, 1.807) is 6.92 Å². The Morgan fingerprint density at radius 1 is 1.93 bits per heavy atom. The Hall–Kier alpha value is -0.810. The number of oxime groups is 1. The third-order valence-corrected chi connectivity index (χ3v) is 2.03. The fraction of sp³-hybridized carbons (Fsp3) is 0.750. The second-order valence-corrected chi connectivity index (χ2v) is 3.43. The predicted molar refractivity (Wildman–Crippen MR) is 52.0 cm³/mol. The lowest BCUT2D eigenvalue weighted by Gasteiger charge is -2.13. The van der Waals surface area contributed by atoms with Gasteiger partial charge in [0.15, 0.2) is 0 Å². The van der Waals surface area contributed by atoms with Gasteiger partial charge in [-0.05, 0) is 6.92 Å². The standard InChI is InChI=1S/C8H13ClN2O3/c1-2-13-8(12)6(10)3-5-4-7(9)11-14-5/h5-6H,2-4,10H2,1H3/t5-,6-/m1/s1. The van der Waals surface area contributed by atoms with E-state index < -0.39 is 12.0 Å². The lowest BCUT2D eigenvalue weighted by Crippen LogP contribution is -2.35. The molecule has 0 saturated heterocycles. The summed E-state index contributed by atoms with van der Waals surface area (Å²) in [6.45, 7) is 2.06. The molecular weight excluding hydrogens is 208 g/mol. The van der Waals surface area contributed by atoms with Crippen molar-refractivity contribution in [3.05, 3.63) is 0 Å². The van der Waals surface area contributed by atoms with E-state index in [9.17, 15) is 4.79 Å². The average molecular weight is 221 g/mol. The largest absolute Gasteiger partial charge is 0.465 e. The molecule has 0 bridgehead atoms. The number of hydrogen-bond donors (Lipinski definition) is 1. The van der Waals surface area contributed by atoms with Crippen molar-refractivity contribution < 1.29 is 14.4 Å². The molecule has 80 valence electrons. The van der Waals surface area contributed by atoms with Crippen molar-refractivity contribution in [1.29, 1.82) is 0 Å². The maximum atomic E-state index is 11.1. The van der Waals surface area contributed by atoms with Crippen LogP contribution in [0.5, 0.6) is 0 Å². The summed E-state index contributed by atoms with van der Waals surface area (Å²) < 4.78 is 4.75. The predicted octanol–water partition coefficient (Wildman–Crippen LogP) is 0.608. The Balaban J connectivity index is 2.27. The molecule has 5 nitrogen and oxygen atoms in total. The number of nitrogens with zero attached hydrogens (tertiary/aromatic N) is 1. The van der Waals surface area contributed by atoms with Gasteiger partial charge in [0, 0.05) is 12.8 Å². The van der Waals surface area contributed by atoms with Crippen molar-refractivity contribution >= 4 is 22.7 Å². The third-order valence-electron chi connectivity index (χ3n) is 1.80. The second-order valence-electron chi connectivity index (χ2n) is 2.99. The minimum absolute atomic E-state index is 0.207. The van der Waals surface area contributed by atoms with Gasteiger partial charge >= 0.3 is 5.97 Å². The first-order valence-electron chi connectivity index (χ1n) is 4.44. The fourth-order valence-electron chi connectivity index (χ4n) is 1.15. The van der Waals surface area contributed by atoms with E-state index >= 15 is 0 Å². The highest BCUT2D eigenvalue weighted by molar-refractivity contribution is 6.65. The Bertz CT molecular complexity index is 245. The monoisotopic (exact) mass is 220 g/mol. The molecule has 0 fully saturated rings. The molecule has 1 rings (SSSR count). The lowest BCUT2D eigenvalue weighted by molar-refractivity contribution is -0.145. The summed E-state index contributed by atoms with van der Waals surface area (Å²) in [6, 6.07) is -0.669. The SMILES string of the molecule is CCOC(=O)[C@H](N)C[C@@H]1CC(Cl)=NO1. The molecule has 0 unspecified atom stereocenters. The van der Waals surface area contributed by atoms with Crippen LogP contribution in [0.3, 0.4) is 0 Å². The molecule has 0 aromatic rings. The minimum Gasteiger partial charge on any atom is -0.465 e. The van der Waals surface area contributed by atoms with Gasteiger partial charge in [-0.3, -0.25) is 4.79 Å². The van der Waals surface area contributed by atoms with Gasteiger partial charge in [-0.2, -0.15) is 0 Å². The highest BCUT2D eigenvalue weighted by Gasteiger charge is 2.26. The van der Waals surface area contributed by atoms with Crippen LogP contribution in [0.4, 0.5) is 0 Å². The summed E-state index contributed by atoms with van der Waals surface area (Å²) in [5.74, 6) is -0.417. The van der Waals surface area contributed by atoms with E-state index in [2.05, 4.69) is 5.16 Å². The minimum atomic E-state index is -0.669. The fourth-order valence-corrected chi connectivity index (χ4v) is 1.36. The number of carbonyl (C=O) groups is 1. The third kappa shape index (κ3) is 3.16. The van der Waals surface area contributed by atoms with Gasteiger partial charge in [0.1, 0.15) is 17.3 Å². The molecule has 6 heteroatoms. The van der Waals surface area contributed by atoms with Gasteiger partial charge < -0.3 is 15.3 Å². The number of halogens is 1. The summed E-state index contributed by atoms with van der Waals surface area (Å²) in [4.78, 5) is 16.1. The van der Waals surface area contributed by atoms with E-state index in [1.165, 1.54) is 0 Å². The van der Waals surface area contributed by atoms with Gasteiger partial charge in [0.25, 0.3) is 0 Å². The van der Waals surface area contributed by atoms with Crippen LogP contribution in [0.15, 0.2) is 5.16 Å². The topological polar surface area (TPSA) is 73.9 Å². The quantitative estimate of drug-likeness (QED) is 0.705. The Labute approximate surface area is 87.2 Å². The maximum Gasteiger partial charge on any atom is 0.323 e. The van der Waals surface area contributed by atoms with Gasteiger partial charge in [-0.25, -0.2) is 0 Å². The molecule has 0 spiro atoms. The number of carbonyl (C=O) groups excluding carboxylic acids is 1. The highest BCUT2D eigenvalue weighted by Crippen LogP contribution is 2.17. The molecule has 2 N–H and O–H groups in total. The summed E-state index contributed by atoms with van der Waals surface area (Å²) >= 11 is 5.60. The van der Waals surface area contributed by atoms with E-state index in [4.69, 9.17) is 26.9 Å². The van der Waals surface area contributed by atoms with Crippen molar-refractivity contribution in [1.82, 2.24) is 0 Å². The van der Waals surface area contributed by atoms with E-state index in [-0.39, 0.29) is 6.10 Å². The molecule has 1 aliphatic heterocycles. The smallest absolute Gasteiger partial charge is 0.323 e. The van der Waals surface area contributed by atoms with E-state index in [1.807, 2.05) is 0 Å². The summed E-state index contributed by atoms with van der Waals surface area (Å²) in [6.07, 6.45) is 0.676. The zero-order chi connectivity index (χ0) is 10.6. The molecule has 0 radical (unpaired) electrons. The molecule has 2 atom stereocenters. The summed E-state index contributed by atoms with van der Waals surface area (Å²) in [7, 11) is 0. The number of esters is 1. The Kier molecular flexibility index (Phi) is 4.16. The van der Waals surface area contributed by atoms with Crippen LogP contribution >= 0.6 is 11.6 Å². The molecule has 0 aromatic carbocycles. The van der Waals surface area contributed by atoms with Crippen molar-refractivity contribution in [3.63, 3.8) is 0 Å². The lowest BCUT2D eigenvalue weighted by atomic mass is 10.1. The van der Waals surface area contributed by atoms with Crippen LogP contribution in [0.2, 0.25) is 0 Å². The molecule has 14 heavy (non-hydrogen) atoms. The molecule has 0 aliphatic carbocycles. The molecule has 1 heterocycles. The van der Waals surface area contributed by atoms with Gasteiger partial charge in [0.05, 0.1) is 6.61 Å². The average Bonchev–Trinajstić information content (AvgIpc) is 2.51. The Morgan fingerprint density at radius 2 is 2.64 bits per heavy atom. The van der Waals surface area contributed by atoms with Crippen LogP contribution in [-0.4, -0.2) is 29.9 Å². The number of nitrogens with two attached hydrogens (primary N) is 1. The Morgan fingerprint density at radius 3 is 3.14 bits per heavy atom. The highest BCUT2D eigenvalue weighted by atomic mass is 35.5. The maximum absolute atomic E-state index is 11.1.